The monoisotopic (exact) mass is 1190 g/mol. The van der Waals surface area contributed by atoms with Gasteiger partial charge in [0.05, 0.1) is 26.4 Å². The maximum atomic E-state index is 12.8. The molecule has 0 aliphatic rings. The highest BCUT2D eigenvalue weighted by molar-refractivity contribution is 7.47. The minimum absolute atomic E-state index is 0.108. The van der Waals surface area contributed by atoms with Crippen LogP contribution in [-0.4, -0.2) is 95.9 Å². The molecule has 16 nitrogen and oxygen atoms in total. The van der Waals surface area contributed by atoms with Crippen molar-refractivity contribution in [3.63, 3.8) is 0 Å². The van der Waals surface area contributed by atoms with Gasteiger partial charge in [0.25, 0.3) is 0 Å². The summed E-state index contributed by atoms with van der Waals surface area (Å²) < 4.78 is 60.7. The smallest absolute Gasteiger partial charge is 0.463 e. The Morgan fingerprint density at radius 2 is 0.617 bits per heavy atom. The lowest BCUT2D eigenvalue weighted by molar-refractivity contribution is -0.161. The van der Waals surface area contributed by atoms with Gasteiger partial charge in [-0.3, -0.25) is 32.5 Å². The maximum Gasteiger partial charge on any atom is 0.472 e. The number of carbonyl (C=O) groups is 3. The molecule has 0 radical (unpaired) electrons. The van der Waals surface area contributed by atoms with E-state index in [-0.39, 0.29) is 19.3 Å². The van der Waals surface area contributed by atoms with E-state index in [1.54, 1.807) is 0 Å². The fraction of sp³-hybridized carbons (Fsp3) is 0.825. The molecule has 0 aromatic rings. The molecule has 0 aromatic heterocycles. The summed E-state index contributed by atoms with van der Waals surface area (Å²) in [7, 11) is -9.75. The Labute approximate surface area is 491 Å². The lowest BCUT2D eigenvalue weighted by atomic mass is 10.1. The van der Waals surface area contributed by atoms with Crippen molar-refractivity contribution >= 4 is 33.6 Å². The van der Waals surface area contributed by atoms with Crippen LogP contribution in [0.1, 0.15) is 278 Å². The summed E-state index contributed by atoms with van der Waals surface area (Å²) in [4.78, 5) is 58.1. The Kier molecular flexibility index (Phi) is 56.1. The Bertz CT molecular complexity index is 1690. The number of hydrogen-bond acceptors (Lipinski definition) is 14. The molecule has 0 aliphatic carbocycles. The zero-order valence-corrected chi connectivity index (χ0v) is 52.7. The highest BCUT2D eigenvalue weighted by Crippen LogP contribution is 2.45. The number of aliphatic hydroxyl groups excluding tert-OH is 2. The van der Waals surface area contributed by atoms with Gasteiger partial charge in [0.15, 0.2) is 6.10 Å². The first kappa shape index (κ1) is 78.5. The van der Waals surface area contributed by atoms with Crippen LogP contribution in [0.4, 0.5) is 0 Å². The van der Waals surface area contributed by atoms with Crippen LogP contribution in [0.5, 0.6) is 0 Å². The molecule has 0 bridgehead atoms. The molecule has 81 heavy (non-hydrogen) atoms. The number of unbranched alkanes of at least 4 members (excludes halogenated alkanes) is 30. The number of allylic oxidation sites excluding steroid dienone is 8. The Morgan fingerprint density at radius 1 is 0.346 bits per heavy atom. The van der Waals surface area contributed by atoms with Gasteiger partial charge in [0.2, 0.25) is 0 Å². The molecule has 4 N–H and O–H groups in total. The van der Waals surface area contributed by atoms with Gasteiger partial charge in [-0.1, -0.05) is 223 Å². The molecule has 5 unspecified atom stereocenters. The molecule has 0 aliphatic heterocycles. The predicted octanol–water partition coefficient (Wildman–Crippen LogP) is 16.9. The minimum atomic E-state index is -4.91. The highest BCUT2D eigenvalue weighted by atomic mass is 31.2. The number of hydrogen-bond donors (Lipinski definition) is 4. The van der Waals surface area contributed by atoms with E-state index in [2.05, 4.69) is 69.4 Å². The number of aliphatic hydroxyl groups is 2. The van der Waals surface area contributed by atoms with E-state index in [1.807, 2.05) is 0 Å². The van der Waals surface area contributed by atoms with Gasteiger partial charge in [0, 0.05) is 19.3 Å². The lowest BCUT2D eigenvalue weighted by Gasteiger charge is -2.21. The van der Waals surface area contributed by atoms with Crippen molar-refractivity contribution in [1.29, 1.82) is 0 Å². The Balaban J connectivity index is 4.59. The van der Waals surface area contributed by atoms with E-state index in [0.717, 1.165) is 116 Å². The Hall–Kier alpha value is -2.49. The van der Waals surface area contributed by atoms with Crippen LogP contribution >= 0.6 is 15.6 Å². The quantitative estimate of drug-likeness (QED) is 0.0146. The molecular weight excluding hydrogens is 1070 g/mol. The van der Waals surface area contributed by atoms with Crippen molar-refractivity contribution in [2.24, 2.45) is 0 Å². The van der Waals surface area contributed by atoms with Gasteiger partial charge in [-0.15, -0.1) is 0 Å². The van der Waals surface area contributed by atoms with Gasteiger partial charge < -0.3 is 34.2 Å². The van der Waals surface area contributed by atoms with Crippen molar-refractivity contribution < 1.29 is 75.8 Å². The number of carbonyl (C=O) groups excluding carboxylic acids is 3. The second kappa shape index (κ2) is 57.9. The topological polar surface area (TPSA) is 231 Å². The molecule has 474 valence electrons. The van der Waals surface area contributed by atoms with E-state index in [1.165, 1.54) is 103 Å². The molecule has 0 fully saturated rings. The third-order valence-corrected chi connectivity index (χ3v) is 15.4. The average Bonchev–Trinajstić information content (AvgIpc) is 3.44. The number of phosphoric ester groups is 2. The van der Waals surface area contributed by atoms with Crippen LogP contribution in [0, 0.1) is 0 Å². The van der Waals surface area contributed by atoms with Gasteiger partial charge in [0.1, 0.15) is 25.4 Å². The molecule has 0 amide bonds. The van der Waals surface area contributed by atoms with Crippen molar-refractivity contribution in [2.45, 2.75) is 296 Å². The van der Waals surface area contributed by atoms with E-state index < -0.39 is 91.5 Å². The third-order valence-electron chi connectivity index (χ3n) is 13.5. The van der Waals surface area contributed by atoms with Crippen LogP contribution in [0.3, 0.4) is 0 Å². The minimum Gasteiger partial charge on any atom is -0.463 e. The van der Waals surface area contributed by atoms with Gasteiger partial charge >= 0.3 is 33.6 Å². The number of ether oxygens (including phenoxy) is 3. The van der Waals surface area contributed by atoms with Crippen molar-refractivity contribution in [3.05, 3.63) is 48.6 Å². The van der Waals surface area contributed by atoms with Crippen LogP contribution in [-0.2, 0) is 55.8 Å². The van der Waals surface area contributed by atoms with Crippen LogP contribution < -0.4 is 0 Å². The van der Waals surface area contributed by atoms with Crippen molar-refractivity contribution in [1.82, 2.24) is 0 Å². The van der Waals surface area contributed by atoms with Gasteiger partial charge in [-0.2, -0.15) is 0 Å². The zero-order chi connectivity index (χ0) is 59.6. The normalized spacial score (nSPS) is 14.7. The third kappa shape index (κ3) is 59.1. The van der Waals surface area contributed by atoms with Gasteiger partial charge in [-0.05, 0) is 83.5 Å². The molecular formula is C63H116O16P2. The summed E-state index contributed by atoms with van der Waals surface area (Å²) in [5.74, 6) is -1.58. The van der Waals surface area contributed by atoms with Crippen LogP contribution in [0.15, 0.2) is 48.6 Å². The first-order valence-corrected chi connectivity index (χ1v) is 34.9. The van der Waals surface area contributed by atoms with Crippen LogP contribution in [0.2, 0.25) is 0 Å². The summed E-state index contributed by atoms with van der Waals surface area (Å²) in [5.41, 5.74) is 0. The first-order valence-electron chi connectivity index (χ1n) is 31.9. The van der Waals surface area contributed by atoms with Crippen molar-refractivity contribution in [2.75, 3.05) is 39.6 Å². The molecule has 0 rings (SSSR count). The second-order valence-electron chi connectivity index (χ2n) is 21.6. The van der Waals surface area contributed by atoms with Crippen LogP contribution in [0.25, 0.3) is 0 Å². The Morgan fingerprint density at radius 3 is 1.01 bits per heavy atom. The molecule has 0 spiro atoms. The predicted molar refractivity (Wildman–Crippen MR) is 326 cm³/mol. The molecule has 5 atom stereocenters. The summed E-state index contributed by atoms with van der Waals surface area (Å²) in [6.45, 7) is 2.62. The molecule has 0 heterocycles. The second-order valence-corrected chi connectivity index (χ2v) is 24.5. The molecule has 0 saturated carbocycles. The SMILES string of the molecule is CCCCC/C=C\C/C=C\C/C=C\CCCCCCCCC(=O)OCC(O)COP(=O)(O)OCC(O)COP(=O)(O)OCC(COC(=O)CCCCCCC/C=C\CCCCCCCC)OC(=O)CCCCCCCCCCCCC. The number of phosphoric acid groups is 2. The van der Waals surface area contributed by atoms with Gasteiger partial charge in [-0.25, -0.2) is 9.13 Å². The highest BCUT2D eigenvalue weighted by Gasteiger charge is 2.29. The van der Waals surface area contributed by atoms with E-state index >= 15 is 0 Å². The average molecular weight is 1190 g/mol. The van der Waals surface area contributed by atoms with E-state index in [4.69, 9.17) is 32.3 Å². The summed E-state index contributed by atoms with van der Waals surface area (Å²) in [6.07, 6.45) is 54.6. The molecule has 18 heteroatoms. The number of rotatable bonds is 61. The standard InChI is InChI=1S/C63H116O16P2/c1-4-7-10-13-16-19-22-24-26-27-28-29-31-33-35-37-40-43-46-49-61(66)73-52-58(64)53-75-80(69,70)76-54-59(65)55-77-81(71,72)78-57-60(79-63(68)51-48-45-42-39-34-21-18-15-12-9-6-3)56-74-62(67)50-47-44-41-38-36-32-30-25-23-20-17-14-11-8-5-2/h16,19,24-26,28-30,58-60,64-65H,4-15,17-18,20-23,27,31-57H2,1-3H3,(H,69,70)(H,71,72)/b19-16-,26-24-,29-28-,30-25-. The number of esters is 3. The lowest BCUT2D eigenvalue weighted by Crippen LogP contribution is -2.30. The summed E-state index contributed by atoms with van der Waals surface area (Å²) in [6, 6.07) is 0. The fourth-order valence-electron chi connectivity index (χ4n) is 8.57. The van der Waals surface area contributed by atoms with Crippen molar-refractivity contribution in [3.8, 4) is 0 Å². The zero-order valence-electron chi connectivity index (χ0n) is 51.0. The molecule has 0 aromatic carbocycles. The van der Waals surface area contributed by atoms with E-state index in [9.17, 15) is 43.5 Å². The summed E-state index contributed by atoms with van der Waals surface area (Å²) >= 11 is 0. The largest absolute Gasteiger partial charge is 0.472 e. The van der Waals surface area contributed by atoms with E-state index in [0.29, 0.717) is 19.3 Å². The fourth-order valence-corrected chi connectivity index (χ4v) is 10.2. The first-order chi connectivity index (χ1) is 39.2. The molecule has 0 saturated heterocycles. The summed E-state index contributed by atoms with van der Waals surface area (Å²) in [5, 5.41) is 20.5. The maximum absolute atomic E-state index is 12.8.